The predicted octanol–water partition coefficient (Wildman–Crippen LogP) is 4.30. The van der Waals surface area contributed by atoms with Crippen LogP contribution in [0.5, 0.6) is 0 Å². The van der Waals surface area contributed by atoms with E-state index in [4.69, 9.17) is 4.74 Å². The summed E-state index contributed by atoms with van der Waals surface area (Å²) in [7, 11) is 0. The van der Waals surface area contributed by atoms with Gasteiger partial charge in [0, 0.05) is 18.6 Å². The molecule has 0 aliphatic carbocycles. The van der Waals surface area contributed by atoms with Gasteiger partial charge in [-0.15, -0.1) is 0 Å². The minimum absolute atomic E-state index is 0.100. The molecule has 20 heavy (non-hydrogen) atoms. The van der Waals surface area contributed by atoms with E-state index in [1.165, 1.54) is 0 Å². The van der Waals surface area contributed by atoms with Crippen molar-refractivity contribution in [1.82, 2.24) is 5.32 Å². The Morgan fingerprint density at radius 2 is 1.55 bits per heavy atom. The van der Waals surface area contributed by atoms with E-state index in [1.807, 2.05) is 20.8 Å². The summed E-state index contributed by atoms with van der Waals surface area (Å²) in [6, 6.07) is 0. The highest BCUT2D eigenvalue weighted by atomic mass is 16.5. The first-order chi connectivity index (χ1) is 8.87. The lowest BCUT2D eigenvalue weighted by atomic mass is 9.87. The number of carbonyl (C=O) groups excluding carboxylic acids is 1. The van der Waals surface area contributed by atoms with E-state index in [2.05, 4.69) is 39.9 Å². The lowest BCUT2D eigenvalue weighted by Gasteiger charge is -2.29. The first kappa shape index (κ1) is 19.4. The molecular formula is C17H35NO2. The summed E-state index contributed by atoms with van der Waals surface area (Å²) in [4.78, 5) is 11.8. The van der Waals surface area contributed by atoms with Gasteiger partial charge in [0.1, 0.15) is 0 Å². The molecular weight excluding hydrogens is 250 g/mol. The molecule has 0 saturated heterocycles. The van der Waals surface area contributed by atoms with Crippen LogP contribution in [0.25, 0.3) is 0 Å². The molecule has 3 heteroatoms. The molecule has 0 aromatic rings. The Bertz CT molecular complexity index is 301. The highest BCUT2D eigenvalue weighted by Gasteiger charge is 2.23. The predicted molar refractivity (Wildman–Crippen MR) is 85.8 cm³/mol. The van der Waals surface area contributed by atoms with Gasteiger partial charge in [0.25, 0.3) is 0 Å². The molecule has 0 saturated carbocycles. The van der Waals surface area contributed by atoms with E-state index in [1.54, 1.807) is 0 Å². The zero-order valence-corrected chi connectivity index (χ0v) is 14.9. The lowest BCUT2D eigenvalue weighted by molar-refractivity contribution is -0.124. The maximum Gasteiger partial charge on any atom is 0.220 e. The van der Waals surface area contributed by atoms with Gasteiger partial charge in [-0.2, -0.15) is 0 Å². The lowest BCUT2D eigenvalue weighted by Crippen LogP contribution is -2.41. The van der Waals surface area contributed by atoms with Gasteiger partial charge in [0.05, 0.1) is 5.60 Å². The van der Waals surface area contributed by atoms with Gasteiger partial charge in [-0.05, 0) is 52.9 Å². The quantitative estimate of drug-likeness (QED) is 0.722. The highest BCUT2D eigenvalue weighted by Crippen LogP contribution is 2.26. The fourth-order valence-corrected chi connectivity index (χ4v) is 1.75. The monoisotopic (exact) mass is 285 g/mol. The SMILES string of the molecule is CCC(C)(C)CCOC(C)(C)CCC(=O)NC(C)(C)C. The minimum Gasteiger partial charge on any atom is -0.376 e. The molecule has 0 heterocycles. The number of nitrogens with one attached hydrogen (secondary N) is 1. The summed E-state index contributed by atoms with van der Waals surface area (Å²) in [6.45, 7) is 17.6. The number of amides is 1. The topological polar surface area (TPSA) is 38.3 Å². The summed E-state index contributed by atoms with van der Waals surface area (Å²) in [5.41, 5.74) is -0.0635. The maximum absolute atomic E-state index is 11.8. The van der Waals surface area contributed by atoms with Gasteiger partial charge in [-0.1, -0.05) is 27.2 Å². The van der Waals surface area contributed by atoms with Crippen LogP contribution in [0.4, 0.5) is 0 Å². The van der Waals surface area contributed by atoms with Crippen LogP contribution in [0, 0.1) is 5.41 Å². The zero-order valence-electron chi connectivity index (χ0n) is 14.9. The number of hydrogen-bond donors (Lipinski definition) is 1. The molecule has 0 radical (unpaired) electrons. The van der Waals surface area contributed by atoms with Crippen LogP contribution in [0.15, 0.2) is 0 Å². The van der Waals surface area contributed by atoms with E-state index >= 15 is 0 Å². The van der Waals surface area contributed by atoms with Crippen molar-refractivity contribution in [1.29, 1.82) is 0 Å². The molecule has 0 aliphatic heterocycles. The average molecular weight is 285 g/mol. The molecule has 0 aromatic heterocycles. The van der Waals surface area contributed by atoms with Crippen LogP contribution in [0.2, 0.25) is 0 Å². The van der Waals surface area contributed by atoms with Gasteiger partial charge in [0.2, 0.25) is 5.91 Å². The van der Waals surface area contributed by atoms with E-state index in [0.29, 0.717) is 11.8 Å². The molecule has 0 rings (SSSR count). The molecule has 0 aliphatic rings. The first-order valence-electron chi connectivity index (χ1n) is 7.82. The second-order valence-electron chi connectivity index (χ2n) is 8.17. The molecule has 3 nitrogen and oxygen atoms in total. The highest BCUT2D eigenvalue weighted by molar-refractivity contribution is 5.76. The molecule has 0 unspecified atom stereocenters. The van der Waals surface area contributed by atoms with Gasteiger partial charge in [0.15, 0.2) is 0 Å². The Morgan fingerprint density at radius 3 is 2.00 bits per heavy atom. The summed E-state index contributed by atoms with van der Waals surface area (Å²) in [6.07, 6.45) is 3.48. The summed E-state index contributed by atoms with van der Waals surface area (Å²) < 4.78 is 5.97. The van der Waals surface area contributed by atoms with Crippen molar-refractivity contribution in [2.24, 2.45) is 5.41 Å². The molecule has 0 bridgehead atoms. The third-order valence-electron chi connectivity index (χ3n) is 3.70. The van der Waals surface area contributed by atoms with Crippen molar-refractivity contribution < 1.29 is 9.53 Å². The molecule has 0 aromatic carbocycles. The van der Waals surface area contributed by atoms with Gasteiger partial charge >= 0.3 is 0 Å². The van der Waals surface area contributed by atoms with Crippen LogP contribution in [-0.2, 0) is 9.53 Å². The zero-order chi connectivity index (χ0) is 16.0. The van der Waals surface area contributed by atoms with Crippen LogP contribution >= 0.6 is 0 Å². The van der Waals surface area contributed by atoms with Gasteiger partial charge < -0.3 is 10.1 Å². The minimum atomic E-state index is -0.237. The first-order valence-corrected chi connectivity index (χ1v) is 7.82. The molecule has 120 valence electrons. The van der Waals surface area contributed by atoms with Crippen molar-refractivity contribution in [3.63, 3.8) is 0 Å². The number of carbonyl (C=O) groups is 1. The van der Waals surface area contributed by atoms with Crippen molar-refractivity contribution in [2.75, 3.05) is 6.61 Å². The molecule has 1 amide bonds. The van der Waals surface area contributed by atoms with E-state index in [0.717, 1.165) is 25.9 Å². The number of ether oxygens (including phenoxy) is 1. The smallest absolute Gasteiger partial charge is 0.220 e. The Hall–Kier alpha value is -0.570. The van der Waals surface area contributed by atoms with E-state index in [-0.39, 0.29) is 17.0 Å². The summed E-state index contributed by atoms with van der Waals surface area (Å²) >= 11 is 0. The molecule has 1 N–H and O–H groups in total. The normalized spacial score (nSPS) is 13.4. The largest absolute Gasteiger partial charge is 0.376 e. The Kier molecular flexibility index (Phi) is 7.23. The molecule has 0 atom stereocenters. The van der Waals surface area contributed by atoms with E-state index in [9.17, 15) is 4.79 Å². The fraction of sp³-hybridized carbons (Fsp3) is 0.941. The Labute approximate surface area is 125 Å². The van der Waals surface area contributed by atoms with Crippen LogP contribution < -0.4 is 5.32 Å². The third-order valence-corrected chi connectivity index (χ3v) is 3.70. The Morgan fingerprint density at radius 1 is 1.00 bits per heavy atom. The van der Waals surface area contributed by atoms with Crippen molar-refractivity contribution in [2.45, 2.75) is 92.2 Å². The van der Waals surface area contributed by atoms with Crippen LogP contribution in [-0.4, -0.2) is 23.7 Å². The van der Waals surface area contributed by atoms with Gasteiger partial charge in [-0.25, -0.2) is 0 Å². The van der Waals surface area contributed by atoms with Crippen LogP contribution in [0.1, 0.15) is 81.1 Å². The summed E-state index contributed by atoms with van der Waals surface area (Å²) in [5.74, 6) is 0.100. The number of hydrogen-bond acceptors (Lipinski definition) is 2. The molecule has 0 fully saturated rings. The fourth-order valence-electron chi connectivity index (χ4n) is 1.75. The van der Waals surface area contributed by atoms with Crippen molar-refractivity contribution in [3.8, 4) is 0 Å². The number of rotatable bonds is 8. The second kappa shape index (κ2) is 7.44. The Balaban J connectivity index is 4.04. The average Bonchev–Trinajstić information content (AvgIpc) is 2.24. The van der Waals surface area contributed by atoms with E-state index < -0.39 is 0 Å². The van der Waals surface area contributed by atoms with Crippen molar-refractivity contribution >= 4 is 5.91 Å². The standard InChI is InChI=1S/C17H35NO2/c1-9-16(5,6)12-13-20-17(7,8)11-10-14(19)18-15(2,3)4/h9-13H2,1-8H3,(H,18,19). The van der Waals surface area contributed by atoms with Crippen molar-refractivity contribution in [3.05, 3.63) is 0 Å². The van der Waals surface area contributed by atoms with Crippen LogP contribution in [0.3, 0.4) is 0 Å². The third kappa shape index (κ3) is 10.2. The summed E-state index contributed by atoms with van der Waals surface area (Å²) in [5, 5.41) is 2.99. The molecule has 0 spiro atoms. The maximum atomic E-state index is 11.8. The van der Waals surface area contributed by atoms with Gasteiger partial charge in [-0.3, -0.25) is 4.79 Å². The second-order valence-corrected chi connectivity index (χ2v) is 8.17.